The highest BCUT2D eigenvalue weighted by atomic mass is 31.3. The highest BCUT2D eigenvalue weighted by molar-refractivity contribution is 7.65. The van der Waals surface area contributed by atoms with Gasteiger partial charge in [-0.05, 0) is 18.9 Å². The summed E-state index contributed by atoms with van der Waals surface area (Å²) in [6.45, 7) is 2.23. The number of carbonyl (C=O) groups excluding carboxylic acids is 1. The molecule has 0 saturated carbocycles. The fourth-order valence-electron chi connectivity index (χ4n) is 2.45. The molecule has 20 heteroatoms. The maximum atomic E-state index is 11.7. The van der Waals surface area contributed by atoms with Crippen molar-refractivity contribution >= 4 is 29.4 Å². The summed E-state index contributed by atoms with van der Waals surface area (Å²) in [7, 11) is -17.5. The van der Waals surface area contributed by atoms with Gasteiger partial charge >= 0.3 is 0 Å². The van der Waals surface area contributed by atoms with Crippen molar-refractivity contribution in [1.82, 2.24) is 5.32 Å². The Labute approximate surface area is 176 Å². The van der Waals surface area contributed by atoms with E-state index >= 15 is 0 Å². The van der Waals surface area contributed by atoms with Gasteiger partial charge < -0.3 is 38.9 Å². The fraction of sp³-hybridized carbons (Fsp3) is 0.909. The third-order valence-electron chi connectivity index (χ3n) is 3.46. The lowest BCUT2D eigenvalue weighted by Gasteiger charge is -2.33. The van der Waals surface area contributed by atoms with Crippen LogP contribution < -0.4 is 20.0 Å². The Bertz CT molecular complexity index is 815. The smallest absolute Gasteiger partial charge is 0.280 e. The minimum absolute atomic E-state index is 0.0956. The third-order valence-corrected chi connectivity index (χ3v) is 7.15. The number of rotatable bonds is 13. The van der Waals surface area contributed by atoms with Gasteiger partial charge in [-0.2, -0.15) is 0 Å². The van der Waals surface area contributed by atoms with Crippen molar-refractivity contribution in [2.45, 2.75) is 51.2 Å². The van der Waals surface area contributed by atoms with E-state index in [0.29, 0.717) is 0 Å². The molecule has 1 heterocycles. The van der Waals surface area contributed by atoms with Crippen molar-refractivity contribution in [1.29, 1.82) is 0 Å². The molecule has 17 nitrogen and oxygen atoms in total. The molecule has 0 spiro atoms. The van der Waals surface area contributed by atoms with Gasteiger partial charge in [0.05, 0.1) is 18.8 Å². The summed E-state index contributed by atoms with van der Waals surface area (Å²) in [5.74, 6) is -0.316. The standard InChI is InChI=1S/C11H23N4O13P3/c1-7-5-9(26-11(14-15-12)3-4-13-8(2)16)10(25-7)6-24-30(20,21)28-31(22,23)27-29(17,18)19/h7,9-11H,3-6H2,1-2H3,(H,13,16)(H,20,21)(H,22,23)(H2,17,18,19)/p-3/t7-,9+,10+,11?/m0/s1. The van der Waals surface area contributed by atoms with Crippen LogP contribution in [0, 0.1) is 0 Å². The second-order valence-electron chi connectivity index (χ2n) is 6.15. The van der Waals surface area contributed by atoms with Crippen LogP contribution in [-0.2, 0) is 41.1 Å². The molecule has 0 aliphatic carbocycles. The predicted molar refractivity (Wildman–Crippen MR) is 93.2 cm³/mol. The lowest BCUT2D eigenvalue weighted by Crippen LogP contribution is -2.34. The second kappa shape index (κ2) is 11.8. The van der Waals surface area contributed by atoms with Crippen LogP contribution in [0.4, 0.5) is 0 Å². The van der Waals surface area contributed by atoms with Crippen molar-refractivity contribution in [2.24, 2.45) is 5.11 Å². The van der Waals surface area contributed by atoms with E-state index in [4.69, 9.17) is 19.9 Å². The number of azide groups is 1. The van der Waals surface area contributed by atoms with Crippen molar-refractivity contribution in [3.63, 3.8) is 0 Å². The molecule has 1 aliphatic rings. The normalized spacial score (nSPS) is 27.9. The summed E-state index contributed by atoms with van der Waals surface area (Å²) in [5, 5.41) is 5.91. The first-order chi connectivity index (χ1) is 14.1. The lowest BCUT2D eigenvalue weighted by molar-refractivity contribution is -0.250. The fourth-order valence-corrected chi connectivity index (χ4v) is 5.34. The Morgan fingerprint density at radius 1 is 1.32 bits per heavy atom. The van der Waals surface area contributed by atoms with Gasteiger partial charge in [0.1, 0.15) is 12.3 Å². The van der Waals surface area contributed by atoms with Gasteiger partial charge in [-0.3, -0.25) is 18.5 Å². The van der Waals surface area contributed by atoms with Gasteiger partial charge in [-0.1, -0.05) is 5.11 Å². The van der Waals surface area contributed by atoms with Crippen LogP contribution in [0.3, 0.4) is 0 Å². The molecular formula is C11H20N4O13P3-3. The first-order valence-corrected chi connectivity index (χ1v) is 12.9. The zero-order valence-corrected chi connectivity index (χ0v) is 18.9. The van der Waals surface area contributed by atoms with Gasteiger partial charge in [-0.25, -0.2) is 8.62 Å². The molecule has 0 aromatic carbocycles. The van der Waals surface area contributed by atoms with Gasteiger partial charge in [0.2, 0.25) is 5.91 Å². The van der Waals surface area contributed by atoms with Crippen molar-refractivity contribution < 1.29 is 60.7 Å². The van der Waals surface area contributed by atoms with Gasteiger partial charge in [-0.15, -0.1) is 0 Å². The van der Waals surface area contributed by atoms with E-state index in [1.165, 1.54) is 6.92 Å². The zero-order chi connectivity index (χ0) is 23.9. The summed E-state index contributed by atoms with van der Waals surface area (Å²) in [5.41, 5.74) is 8.65. The minimum atomic E-state index is -6.01. The number of carbonyl (C=O) groups is 1. The van der Waals surface area contributed by atoms with Crippen LogP contribution in [0.5, 0.6) is 0 Å². The Morgan fingerprint density at radius 2 is 1.97 bits per heavy atom. The highest BCUT2D eigenvalue weighted by Gasteiger charge is 2.37. The highest BCUT2D eigenvalue weighted by Crippen LogP contribution is 2.61. The van der Waals surface area contributed by atoms with Gasteiger partial charge in [0.15, 0.2) is 0 Å². The van der Waals surface area contributed by atoms with Crippen molar-refractivity contribution in [3.05, 3.63) is 10.4 Å². The molecule has 1 saturated heterocycles. The Hall–Kier alpha value is -0.890. The average Bonchev–Trinajstić information content (AvgIpc) is 2.89. The van der Waals surface area contributed by atoms with E-state index in [1.54, 1.807) is 6.92 Å². The average molecular weight is 509 g/mol. The monoisotopic (exact) mass is 509 g/mol. The summed E-state index contributed by atoms with van der Waals surface area (Å²) in [6, 6.07) is 0. The molecule has 7 atom stereocenters. The molecule has 0 radical (unpaired) electrons. The molecule has 1 amide bonds. The minimum Gasteiger partial charge on any atom is -0.756 e. The number of hydrogen-bond donors (Lipinski definition) is 2. The zero-order valence-electron chi connectivity index (χ0n) is 16.2. The number of nitrogens with zero attached hydrogens (tertiary/aromatic N) is 3. The maximum absolute atomic E-state index is 11.7. The number of phosphoric ester groups is 1. The molecule has 0 bridgehead atoms. The van der Waals surface area contributed by atoms with Gasteiger partial charge in [0, 0.05) is 24.8 Å². The summed E-state index contributed by atoms with van der Waals surface area (Å²) >= 11 is 0. The van der Waals surface area contributed by atoms with Crippen LogP contribution in [0.25, 0.3) is 10.4 Å². The first-order valence-electron chi connectivity index (χ1n) is 8.45. The summed E-state index contributed by atoms with van der Waals surface area (Å²) < 4.78 is 55.4. The number of ether oxygens (including phenoxy) is 2. The lowest BCUT2D eigenvalue weighted by atomic mass is 10.1. The van der Waals surface area contributed by atoms with E-state index < -0.39 is 54.6 Å². The second-order valence-corrected chi connectivity index (χ2v) is 10.4. The van der Waals surface area contributed by atoms with Crippen LogP contribution in [0.15, 0.2) is 5.11 Å². The Balaban J connectivity index is 2.71. The van der Waals surface area contributed by atoms with E-state index in [1.807, 2.05) is 0 Å². The molecule has 2 N–H and O–H groups in total. The number of amides is 1. The van der Waals surface area contributed by atoms with E-state index in [-0.39, 0.29) is 25.3 Å². The first kappa shape index (κ1) is 28.1. The largest absolute Gasteiger partial charge is 0.756 e. The predicted octanol–water partition coefficient (Wildman–Crippen LogP) is -0.841. The van der Waals surface area contributed by atoms with Crippen LogP contribution in [0.1, 0.15) is 26.7 Å². The molecule has 31 heavy (non-hydrogen) atoms. The molecule has 0 aromatic heterocycles. The number of hydrogen-bond acceptors (Lipinski definition) is 13. The number of phosphoric acid groups is 3. The molecular weight excluding hydrogens is 489 g/mol. The maximum Gasteiger partial charge on any atom is 0.280 e. The van der Waals surface area contributed by atoms with Crippen LogP contribution in [0.2, 0.25) is 0 Å². The van der Waals surface area contributed by atoms with Crippen molar-refractivity contribution in [3.8, 4) is 0 Å². The molecule has 180 valence electrons. The van der Waals surface area contributed by atoms with Gasteiger partial charge in [0.25, 0.3) is 23.5 Å². The van der Waals surface area contributed by atoms with E-state index in [9.17, 15) is 33.2 Å². The molecule has 4 unspecified atom stereocenters. The number of nitrogens with one attached hydrogen (secondary N) is 1. The van der Waals surface area contributed by atoms with Crippen molar-refractivity contribution in [2.75, 3.05) is 13.2 Å². The van der Waals surface area contributed by atoms with E-state index in [2.05, 4.69) is 28.5 Å². The van der Waals surface area contributed by atoms with E-state index in [0.717, 1.165) is 0 Å². The van der Waals surface area contributed by atoms with Crippen LogP contribution in [-0.4, -0.2) is 48.5 Å². The molecule has 1 aliphatic heterocycles. The molecule has 0 aromatic rings. The quantitative estimate of drug-likeness (QED) is 0.133. The molecule has 1 fully saturated rings. The SMILES string of the molecule is CC(=O)NCCC(N=[N+]=[N-])O[C@@H]1C[C@H](C)O[C@@H]1COP(=O)([O-])OP(=O)([O-])OP(=O)([O-])O. The molecule has 1 rings (SSSR count). The van der Waals surface area contributed by atoms with Crippen LogP contribution >= 0.6 is 23.5 Å². The Morgan fingerprint density at radius 3 is 2.52 bits per heavy atom. The third kappa shape index (κ3) is 12.1. The summed E-state index contributed by atoms with van der Waals surface area (Å²) in [6.07, 6.45) is -3.09. The Kier molecular flexibility index (Phi) is 10.7. The topological polar surface area (TPSA) is 265 Å². The summed E-state index contributed by atoms with van der Waals surface area (Å²) in [4.78, 5) is 55.2.